The molecule has 0 heterocycles. The van der Waals surface area contributed by atoms with Crippen LogP contribution < -0.4 is 58.2 Å². The summed E-state index contributed by atoms with van der Waals surface area (Å²) >= 11 is 0. The molecule has 0 saturated heterocycles. The van der Waals surface area contributed by atoms with Crippen LogP contribution in [0.3, 0.4) is 0 Å². The van der Waals surface area contributed by atoms with Gasteiger partial charge in [0.25, 0.3) is 0 Å². The predicted octanol–water partition coefficient (Wildman–Crippen LogP) is 1.32. The van der Waals surface area contributed by atoms with Crippen molar-refractivity contribution in [1.29, 1.82) is 0 Å². The van der Waals surface area contributed by atoms with Crippen LogP contribution in [-0.2, 0) is 6.42 Å². The predicted molar refractivity (Wildman–Crippen MR) is 65.6 cm³/mol. The third-order valence-corrected chi connectivity index (χ3v) is 2.83. The first-order valence-electron chi connectivity index (χ1n) is 5.46. The molecule has 0 bridgehead atoms. The van der Waals surface area contributed by atoms with Gasteiger partial charge in [0, 0.05) is 0 Å². The van der Waals surface area contributed by atoms with E-state index < -0.39 is 0 Å². The Morgan fingerprint density at radius 2 is 1.50 bits per heavy atom. The summed E-state index contributed by atoms with van der Waals surface area (Å²) in [5.74, 6) is -0.567. The maximum atomic E-state index is 13.6. The second-order valence-electron chi connectivity index (χ2n) is 4.02. The number of rotatable bonds is 2. The Bertz CT molecular complexity index is 550. The molecular weight excluding hydrogens is 304 g/mol. The summed E-state index contributed by atoms with van der Waals surface area (Å²) < 4.78 is 27.0. The second-order valence-corrected chi connectivity index (χ2v) is 4.02. The van der Waals surface area contributed by atoms with E-state index in [1.54, 1.807) is 31.2 Å². The van der Waals surface area contributed by atoms with Gasteiger partial charge in [-0.1, -0.05) is 24.3 Å². The van der Waals surface area contributed by atoms with Crippen LogP contribution in [0.4, 0.5) is 8.78 Å². The maximum Gasteiger partial charge on any atom is 1.00 e. The second kappa shape index (κ2) is 7.04. The molecule has 0 N–H and O–H groups in total. The van der Waals surface area contributed by atoms with Crippen molar-refractivity contribution in [3.63, 3.8) is 0 Å². The van der Waals surface area contributed by atoms with Crippen LogP contribution in [0.5, 0.6) is 0 Å². The molecule has 0 aliphatic heterocycles. The van der Waals surface area contributed by atoms with Crippen LogP contribution in [0.15, 0.2) is 36.4 Å². The Morgan fingerprint density at radius 1 is 0.944 bits per heavy atom. The van der Waals surface area contributed by atoms with E-state index in [9.17, 15) is 8.78 Å². The van der Waals surface area contributed by atoms with E-state index in [-0.39, 0.29) is 69.8 Å². The minimum absolute atomic E-state index is 0. The molecule has 18 heavy (non-hydrogen) atoms. The molecule has 0 aliphatic rings. The fourth-order valence-corrected chi connectivity index (χ4v) is 1.70. The first-order chi connectivity index (χ1) is 8.11. The molecule has 0 amide bonds. The number of hydrogen-bond donors (Lipinski definition) is 0. The Labute approximate surface area is 155 Å². The smallest absolute Gasteiger partial charge is 0.339 e. The van der Waals surface area contributed by atoms with Crippen molar-refractivity contribution >= 4 is 0 Å². The van der Waals surface area contributed by atoms with Crippen molar-refractivity contribution in [2.24, 2.45) is 0 Å². The van der Waals surface area contributed by atoms with Crippen LogP contribution in [-0.4, -0.2) is 0 Å². The van der Waals surface area contributed by atoms with E-state index in [0.717, 1.165) is 0 Å². The van der Waals surface area contributed by atoms with E-state index in [1.165, 1.54) is 12.1 Å². The SMILES string of the molecule is [CH2-]Cc1ccc(-c2ccc(C)c(F)c2)cc1F.[Rb+]. The van der Waals surface area contributed by atoms with Crippen molar-refractivity contribution < 1.29 is 67.0 Å². The van der Waals surface area contributed by atoms with Crippen molar-refractivity contribution in [2.45, 2.75) is 13.3 Å². The van der Waals surface area contributed by atoms with Gasteiger partial charge >= 0.3 is 58.2 Å². The molecule has 2 rings (SSSR count). The van der Waals surface area contributed by atoms with Gasteiger partial charge in [-0.3, -0.25) is 0 Å². The topological polar surface area (TPSA) is 0 Å². The molecular formula is C15H13F2Rb. The van der Waals surface area contributed by atoms with Gasteiger partial charge in [0.2, 0.25) is 0 Å². The first-order valence-corrected chi connectivity index (χ1v) is 5.46. The molecule has 0 aromatic heterocycles. The van der Waals surface area contributed by atoms with Gasteiger partial charge in [0.15, 0.2) is 0 Å². The van der Waals surface area contributed by atoms with Gasteiger partial charge < -0.3 is 6.92 Å². The normalized spacial score (nSPS) is 10.0. The zero-order valence-corrected chi connectivity index (χ0v) is 15.6. The van der Waals surface area contributed by atoms with Crippen LogP contribution in [0.25, 0.3) is 11.1 Å². The molecule has 0 spiro atoms. The van der Waals surface area contributed by atoms with Crippen molar-refractivity contribution in [2.75, 3.05) is 0 Å². The first kappa shape index (κ1) is 16.2. The van der Waals surface area contributed by atoms with Crippen LogP contribution in [0.1, 0.15) is 11.1 Å². The minimum atomic E-state index is -0.293. The summed E-state index contributed by atoms with van der Waals surface area (Å²) in [4.78, 5) is 0. The number of benzene rings is 2. The fraction of sp³-hybridized carbons (Fsp3) is 0.133. The summed E-state index contributed by atoms with van der Waals surface area (Å²) in [6.45, 7) is 5.34. The Hall–Kier alpha value is 0.105. The molecule has 0 aliphatic carbocycles. The summed E-state index contributed by atoms with van der Waals surface area (Å²) in [6, 6.07) is 9.80. The van der Waals surface area contributed by atoms with E-state index in [1.807, 2.05) is 0 Å². The number of halogens is 2. The Balaban J connectivity index is 0.00000162. The molecule has 0 radical (unpaired) electrons. The van der Waals surface area contributed by atoms with Gasteiger partial charge in [0.1, 0.15) is 11.6 Å². The van der Waals surface area contributed by atoms with Gasteiger partial charge in [0.05, 0.1) is 0 Å². The molecule has 2 aromatic rings. The number of hydrogen-bond acceptors (Lipinski definition) is 0. The molecule has 0 atom stereocenters. The minimum Gasteiger partial charge on any atom is -0.339 e. The molecule has 3 heteroatoms. The monoisotopic (exact) mass is 316 g/mol. The van der Waals surface area contributed by atoms with Gasteiger partial charge in [-0.15, -0.1) is 0 Å². The molecule has 0 nitrogen and oxygen atoms in total. The summed E-state index contributed by atoms with van der Waals surface area (Å²) in [5, 5.41) is 0. The Kier molecular flexibility index (Phi) is 6.32. The maximum absolute atomic E-state index is 13.6. The Morgan fingerprint density at radius 3 is 2.00 bits per heavy atom. The third-order valence-electron chi connectivity index (χ3n) is 2.83. The van der Waals surface area contributed by atoms with E-state index in [2.05, 4.69) is 6.92 Å². The average molecular weight is 317 g/mol. The van der Waals surface area contributed by atoms with Crippen LogP contribution in [0.2, 0.25) is 0 Å². The zero-order valence-electron chi connectivity index (χ0n) is 10.6. The summed E-state index contributed by atoms with van der Waals surface area (Å²) in [7, 11) is 0. The van der Waals surface area contributed by atoms with E-state index in [0.29, 0.717) is 28.7 Å². The van der Waals surface area contributed by atoms with Crippen LogP contribution in [0, 0.1) is 25.5 Å². The van der Waals surface area contributed by atoms with Crippen molar-refractivity contribution in [3.8, 4) is 11.1 Å². The molecule has 2 aromatic carbocycles. The quantitative estimate of drug-likeness (QED) is 0.733. The van der Waals surface area contributed by atoms with Crippen LogP contribution >= 0.6 is 0 Å². The third kappa shape index (κ3) is 3.57. The van der Waals surface area contributed by atoms with Gasteiger partial charge in [-0.2, -0.15) is 6.42 Å². The van der Waals surface area contributed by atoms with Crippen molar-refractivity contribution in [3.05, 3.63) is 66.1 Å². The van der Waals surface area contributed by atoms with E-state index >= 15 is 0 Å². The molecule has 0 fully saturated rings. The molecule has 0 unspecified atom stereocenters. The zero-order chi connectivity index (χ0) is 12.4. The molecule has 0 saturated carbocycles. The summed E-state index contributed by atoms with van der Waals surface area (Å²) in [6.07, 6.45) is 0.411. The molecule has 88 valence electrons. The fourth-order valence-electron chi connectivity index (χ4n) is 1.70. The number of aryl methyl sites for hydroxylation is 1. The summed E-state index contributed by atoms with van der Waals surface area (Å²) in [5.41, 5.74) is 2.52. The van der Waals surface area contributed by atoms with Crippen molar-refractivity contribution in [1.82, 2.24) is 0 Å². The standard InChI is InChI=1S/C15H13F2.Rb/c1-3-11-6-7-13(9-15(11)17)12-5-4-10(2)14(16)8-12;/h4-9H,1,3H2,2H3;/q-1;+1. The average Bonchev–Trinajstić information content (AvgIpc) is 2.32. The van der Waals surface area contributed by atoms with E-state index in [4.69, 9.17) is 0 Å². The van der Waals surface area contributed by atoms with Gasteiger partial charge in [-0.05, 0) is 41.3 Å². The van der Waals surface area contributed by atoms with Gasteiger partial charge in [-0.25, -0.2) is 8.78 Å². The largest absolute Gasteiger partial charge is 1.00 e.